The van der Waals surface area contributed by atoms with E-state index in [0.29, 0.717) is 5.41 Å². The molecule has 0 amide bonds. The highest BCUT2D eigenvalue weighted by Crippen LogP contribution is 2.36. The molecule has 0 aliphatic heterocycles. The molecule has 2 aromatic heterocycles. The number of oxazole rings is 1. The normalized spacial score (nSPS) is 13.3. The van der Waals surface area contributed by atoms with Gasteiger partial charge in [0.05, 0.1) is 6.26 Å². The van der Waals surface area contributed by atoms with Crippen LogP contribution in [0.15, 0.2) is 93.5 Å². The number of allylic oxidation sites excluding steroid dienone is 1. The molecule has 0 spiro atoms. The van der Waals surface area contributed by atoms with Crippen molar-refractivity contribution >= 4 is 28.1 Å². The van der Waals surface area contributed by atoms with E-state index in [1.165, 1.54) is 22.1 Å². The SMILES string of the molecule is CC(C)(C)C1=Cc2ccccc2C1.CC(C)(C)c1coc2ccccc12.CC(C)(C)c1nc2ccccc2o1. The van der Waals surface area contributed by atoms with Gasteiger partial charge in [0.2, 0.25) is 5.89 Å². The summed E-state index contributed by atoms with van der Waals surface area (Å²) in [5.74, 6) is 0.800. The van der Waals surface area contributed by atoms with Gasteiger partial charge in [0.1, 0.15) is 11.1 Å². The zero-order valence-electron chi connectivity index (χ0n) is 25.1. The van der Waals surface area contributed by atoms with Crippen LogP contribution >= 0.6 is 0 Å². The number of para-hydroxylation sites is 3. The van der Waals surface area contributed by atoms with Crippen molar-refractivity contribution in [1.82, 2.24) is 4.98 Å². The Kier molecular flexibility index (Phi) is 7.93. The van der Waals surface area contributed by atoms with Gasteiger partial charge in [-0.15, -0.1) is 0 Å². The van der Waals surface area contributed by atoms with Crippen molar-refractivity contribution in [2.45, 2.75) is 79.6 Å². The first kappa shape index (κ1) is 28.4. The molecule has 1 aliphatic carbocycles. The summed E-state index contributed by atoms with van der Waals surface area (Å²) in [5.41, 5.74) is 8.97. The maximum Gasteiger partial charge on any atom is 0.200 e. The summed E-state index contributed by atoms with van der Waals surface area (Å²) in [6.07, 6.45) is 5.35. The number of aromatic nitrogens is 1. The Morgan fingerprint density at radius 1 is 0.641 bits per heavy atom. The number of furan rings is 1. The molecule has 204 valence electrons. The Bertz CT molecular complexity index is 1530. The molecular weight excluding hydrogens is 478 g/mol. The van der Waals surface area contributed by atoms with Gasteiger partial charge in [-0.1, -0.05) is 129 Å². The second kappa shape index (κ2) is 10.9. The molecule has 3 heteroatoms. The van der Waals surface area contributed by atoms with Crippen molar-refractivity contribution in [2.24, 2.45) is 5.41 Å². The first-order valence-corrected chi connectivity index (χ1v) is 13.9. The van der Waals surface area contributed by atoms with Gasteiger partial charge in [-0.25, -0.2) is 4.98 Å². The quantitative estimate of drug-likeness (QED) is 0.203. The lowest BCUT2D eigenvalue weighted by atomic mass is 9.85. The summed E-state index contributed by atoms with van der Waals surface area (Å²) in [7, 11) is 0. The van der Waals surface area contributed by atoms with Crippen LogP contribution < -0.4 is 0 Å². The van der Waals surface area contributed by atoms with E-state index in [-0.39, 0.29) is 10.8 Å². The first-order chi connectivity index (χ1) is 18.2. The lowest BCUT2D eigenvalue weighted by molar-refractivity contribution is 0.411. The summed E-state index contributed by atoms with van der Waals surface area (Å²) in [6, 6.07) is 24.7. The van der Waals surface area contributed by atoms with Crippen LogP contribution in [0.5, 0.6) is 0 Å². The van der Waals surface area contributed by atoms with Crippen LogP contribution in [-0.2, 0) is 17.3 Å². The minimum absolute atomic E-state index is 0.0149. The number of nitrogens with zero attached hydrogens (tertiary/aromatic N) is 1. The monoisotopic (exact) mass is 521 g/mol. The van der Waals surface area contributed by atoms with Crippen molar-refractivity contribution in [3.8, 4) is 0 Å². The molecule has 3 nitrogen and oxygen atoms in total. The highest BCUT2D eigenvalue weighted by Gasteiger charge is 2.22. The van der Waals surface area contributed by atoms with Crippen LogP contribution in [0.3, 0.4) is 0 Å². The summed E-state index contributed by atoms with van der Waals surface area (Å²) >= 11 is 0. The fourth-order valence-corrected chi connectivity index (χ4v) is 4.51. The van der Waals surface area contributed by atoms with E-state index in [1.807, 2.05) is 48.7 Å². The van der Waals surface area contributed by atoms with E-state index in [9.17, 15) is 0 Å². The molecule has 5 aromatic rings. The molecule has 0 fully saturated rings. The third-order valence-corrected chi connectivity index (χ3v) is 6.95. The van der Waals surface area contributed by atoms with Crippen LogP contribution in [-0.4, -0.2) is 4.98 Å². The molecule has 39 heavy (non-hydrogen) atoms. The average molecular weight is 522 g/mol. The standard InChI is InChI=1S/C13H16.C12H14O.C11H13NO/c1-13(2,3)12-8-10-6-4-5-7-11(10)9-12;1-12(2,3)10-8-13-11-7-5-4-6-9(10)11;1-11(2,3)10-12-8-6-4-5-7-9(8)13-10/h4-8H,9H2,1-3H3;4-8H,1-3H3;4-7H,1-3H3. The molecule has 0 unspecified atom stereocenters. The Hall–Kier alpha value is -3.59. The van der Waals surface area contributed by atoms with Crippen molar-refractivity contribution < 1.29 is 8.83 Å². The molecule has 0 N–H and O–H groups in total. The van der Waals surface area contributed by atoms with Crippen molar-refractivity contribution in [1.29, 1.82) is 0 Å². The molecule has 0 atom stereocenters. The minimum atomic E-state index is -0.0149. The summed E-state index contributed by atoms with van der Waals surface area (Å²) in [5, 5.41) is 1.23. The Morgan fingerprint density at radius 3 is 1.87 bits per heavy atom. The van der Waals surface area contributed by atoms with Gasteiger partial charge in [0.15, 0.2) is 5.58 Å². The molecular formula is C36H43NO2. The highest BCUT2D eigenvalue weighted by molar-refractivity contribution is 5.81. The maximum absolute atomic E-state index is 5.62. The van der Waals surface area contributed by atoms with Gasteiger partial charge in [-0.3, -0.25) is 0 Å². The van der Waals surface area contributed by atoms with E-state index in [2.05, 4.69) is 104 Å². The van der Waals surface area contributed by atoms with Crippen molar-refractivity contribution in [3.05, 3.63) is 107 Å². The zero-order valence-corrected chi connectivity index (χ0v) is 25.1. The number of hydrogen-bond acceptors (Lipinski definition) is 3. The summed E-state index contributed by atoms with van der Waals surface area (Å²) in [4.78, 5) is 4.42. The Balaban J connectivity index is 0.000000136. The third kappa shape index (κ3) is 6.89. The van der Waals surface area contributed by atoms with E-state index < -0.39 is 0 Å². The predicted octanol–water partition coefficient (Wildman–Crippen LogP) is 10.5. The molecule has 0 radical (unpaired) electrons. The van der Waals surface area contributed by atoms with Gasteiger partial charge in [0, 0.05) is 16.4 Å². The fourth-order valence-electron chi connectivity index (χ4n) is 4.51. The molecule has 0 saturated carbocycles. The lowest BCUT2D eigenvalue weighted by Crippen LogP contribution is -2.10. The molecule has 0 bridgehead atoms. The van der Waals surface area contributed by atoms with E-state index in [0.717, 1.165) is 29.0 Å². The highest BCUT2D eigenvalue weighted by atomic mass is 16.3. The summed E-state index contributed by atoms with van der Waals surface area (Å²) in [6.45, 7) is 19.7. The molecule has 2 heterocycles. The Labute approximate surface area is 234 Å². The van der Waals surface area contributed by atoms with Crippen LogP contribution in [0.4, 0.5) is 0 Å². The topological polar surface area (TPSA) is 39.2 Å². The van der Waals surface area contributed by atoms with Crippen LogP contribution in [0, 0.1) is 5.41 Å². The second-order valence-electron chi connectivity index (χ2n) is 13.4. The van der Waals surface area contributed by atoms with E-state index in [1.54, 1.807) is 5.57 Å². The van der Waals surface area contributed by atoms with Crippen LogP contribution in [0.1, 0.15) is 84.9 Å². The van der Waals surface area contributed by atoms with Crippen LogP contribution in [0.2, 0.25) is 0 Å². The fraction of sp³-hybridized carbons (Fsp3) is 0.361. The second-order valence-corrected chi connectivity index (χ2v) is 13.4. The van der Waals surface area contributed by atoms with Crippen molar-refractivity contribution in [3.63, 3.8) is 0 Å². The molecule has 3 aromatic carbocycles. The third-order valence-electron chi connectivity index (χ3n) is 6.95. The lowest BCUT2D eigenvalue weighted by Gasteiger charge is -2.19. The molecule has 6 rings (SSSR count). The van der Waals surface area contributed by atoms with Crippen LogP contribution in [0.25, 0.3) is 28.1 Å². The number of benzene rings is 3. The largest absolute Gasteiger partial charge is 0.464 e. The first-order valence-electron chi connectivity index (χ1n) is 13.9. The maximum atomic E-state index is 5.62. The van der Waals surface area contributed by atoms with Gasteiger partial charge < -0.3 is 8.83 Å². The zero-order chi connectivity index (χ0) is 28.4. The summed E-state index contributed by atoms with van der Waals surface area (Å²) < 4.78 is 11.1. The Morgan fingerprint density at radius 2 is 1.26 bits per heavy atom. The van der Waals surface area contributed by atoms with Gasteiger partial charge >= 0.3 is 0 Å². The predicted molar refractivity (Wildman–Crippen MR) is 165 cm³/mol. The van der Waals surface area contributed by atoms with Gasteiger partial charge in [-0.2, -0.15) is 0 Å². The average Bonchev–Trinajstić information content (AvgIpc) is 3.60. The number of fused-ring (bicyclic) bond motifs is 3. The minimum Gasteiger partial charge on any atom is -0.464 e. The number of hydrogen-bond donors (Lipinski definition) is 0. The molecule has 0 saturated heterocycles. The van der Waals surface area contributed by atoms with E-state index in [4.69, 9.17) is 8.83 Å². The van der Waals surface area contributed by atoms with E-state index >= 15 is 0 Å². The molecule has 1 aliphatic rings. The smallest absolute Gasteiger partial charge is 0.200 e. The van der Waals surface area contributed by atoms with Gasteiger partial charge in [-0.05, 0) is 46.6 Å². The van der Waals surface area contributed by atoms with Crippen molar-refractivity contribution in [2.75, 3.05) is 0 Å². The van der Waals surface area contributed by atoms with Gasteiger partial charge in [0.25, 0.3) is 0 Å². The number of rotatable bonds is 0.